The SMILES string of the molecule is CC.CC.CC(=O)NCCN1CCNCC1. The number of hydrogen-bond acceptors (Lipinski definition) is 3. The van der Waals surface area contributed by atoms with Crippen molar-refractivity contribution in [2.75, 3.05) is 39.3 Å². The molecule has 1 rings (SSSR count). The Morgan fingerprint density at radius 1 is 1.19 bits per heavy atom. The Labute approximate surface area is 101 Å². The number of nitrogens with zero attached hydrogens (tertiary/aromatic N) is 1. The highest BCUT2D eigenvalue weighted by Gasteiger charge is 2.07. The molecule has 4 nitrogen and oxygen atoms in total. The van der Waals surface area contributed by atoms with Crippen molar-refractivity contribution in [1.29, 1.82) is 0 Å². The van der Waals surface area contributed by atoms with Gasteiger partial charge in [0.2, 0.25) is 5.91 Å². The molecule has 0 radical (unpaired) electrons. The third kappa shape index (κ3) is 11.5. The lowest BCUT2D eigenvalue weighted by Crippen LogP contribution is -2.46. The third-order valence-corrected chi connectivity index (χ3v) is 2.01. The molecular weight excluding hydrogens is 202 g/mol. The summed E-state index contributed by atoms with van der Waals surface area (Å²) in [6, 6.07) is 0. The van der Waals surface area contributed by atoms with Gasteiger partial charge in [0.05, 0.1) is 0 Å². The summed E-state index contributed by atoms with van der Waals surface area (Å²) in [4.78, 5) is 12.9. The maximum atomic E-state index is 10.5. The molecule has 0 aromatic rings. The average Bonchev–Trinajstić information content (AvgIpc) is 2.35. The molecule has 1 amide bonds. The minimum absolute atomic E-state index is 0.0603. The van der Waals surface area contributed by atoms with Gasteiger partial charge in [0.1, 0.15) is 0 Å². The van der Waals surface area contributed by atoms with E-state index in [4.69, 9.17) is 0 Å². The second kappa shape index (κ2) is 14.4. The number of carbonyl (C=O) groups excluding carboxylic acids is 1. The molecule has 0 aliphatic carbocycles. The molecule has 98 valence electrons. The van der Waals surface area contributed by atoms with Gasteiger partial charge in [0.15, 0.2) is 0 Å². The largest absolute Gasteiger partial charge is 0.355 e. The zero-order valence-corrected chi connectivity index (χ0v) is 11.6. The van der Waals surface area contributed by atoms with Crippen molar-refractivity contribution >= 4 is 5.91 Å². The van der Waals surface area contributed by atoms with Crippen LogP contribution in [0.1, 0.15) is 34.6 Å². The van der Waals surface area contributed by atoms with Crippen molar-refractivity contribution in [2.45, 2.75) is 34.6 Å². The summed E-state index contributed by atoms with van der Waals surface area (Å²) in [5.41, 5.74) is 0. The molecule has 0 unspecified atom stereocenters. The van der Waals surface area contributed by atoms with Crippen LogP contribution >= 0.6 is 0 Å². The van der Waals surface area contributed by atoms with E-state index in [2.05, 4.69) is 15.5 Å². The van der Waals surface area contributed by atoms with Crippen LogP contribution in [0.5, 0.6) is 0 Å². The van der Waals surface area contributed by atoms with Crippen LogP contribution in [-0.4, -0.2) is 50.1 Å². The summed E-state index contributed by atoms with van der Waals surface area (Å²) >= 11 is 0. The van der Waals surface area contributed by atoms with Gasteiger partial charge >= 0.3 is 0 Å². The second-order valence-electron chi connectivity index (χ2n) is 3.07. The van der Waals surface area contributed by atoms with E-state index in [1.54, 1.807) is 6.92 Å². The average molecular weight is 231 g/mol. The zero-order valence-electron chi connectivity index (χ0n) is 11.6. The summed E-state index contributed by atoms with van der Waals surface area (Å²) < 4.78 is 0. The zero-order chi connectivity index (χ0) is 12.8. The van der Waals surface area contributed by atoms with Gasteiger partial charge in [-0.25, -0.2) is 0 Å². The predicted octanol–water partition coefficient (Wildman–Crippen LogP) is 1.08. The third-order valence-electron chi connectivity index (χ3n) is 2.01. The quantitative estimate of drug-likeness (QED) is 0.764. The number of carbonyl (C=O) groups is 1. The molecular formula is C12H29N3O. The van der Waals surface area contributed by atoms with E-state index in [0.717, 1.165) is 39.3 Å². The monoisotopic (exact) mass is 231 g/mol. The Morgan fingerprint density at radius 2 is 1.69 bits per heavy atom. The van der Waals surface area contributed by atoms with Gasteiger partial charge in [-0.2, -0.15) is 0 Å². The van der Waals surface area contributed by atoms with Crippen molar-refractivity contribution in [1.82, 2.24) is 15.5 Å². The number of amides is 1. The highest BCUT2D eigenvalue weighted by atomic mass is 16.1. The molecule has 16 heavy (non-hydrogen) atoms. The van der Waals surface area contributed by atoms with Crippen LogP contribution in [0, 0.1) is 0 Å². The van der Waals surface area contributed by atoms with Gasteiger partial charge in [0, 0.05) is 46.2 Å². The highest BCUT2D eigenvalue weighted by Crippen LogP contribution is 1.89. The van der Waals surface area contributed by atoms with Crippen molar-refractivity contribution in [3.63, 3.8) is 0 Å². The fourth-order valence-corrected chi connectivity index (χ4v) is 1.32. The van der Waals surface area contributed by atoms with E-state index in [0.29, 0.717) is 0 Å². The van der Waals surface area contributed by atoms with Crippen molar-refractivity contribution in [3.8, 4) is 0 Å². The van der Waals surface area contributed by atoms with Crippen molar-refractivity contribution < 1.29 is 4.79 Å². The van der Waals surface area contributed by atoms with Crippen LogP contribution < -0.4 is 10.6 Å². The first-order chi connectivity index (χ1) is 7.79. The number of hydrogen-bond donors (Lipinski definition) is 2. The second-order valence-corrected chi connectivity index (χ2v) is 3.07. The van der Waals surface area contributed by atoms with E-state index in [1.807, 2.05) is 27.7 Å². The van der Waals surface area contributed by atoms with Gasteiger partial charge < -0.3 is 10.6 Å². The van der Waals surface area contributed by atoms with E-state index < -0.39 is 0 Å². The van der Waals surface area contributed by atoms with E-state index in [1.165, 1.54) is 0 Å². The molecule has 0 saturated carbocycles. The Bertz CT molecular complexity index is 145. The molecule has 0 bridgehead atoms. The summed E-state index contributed by atoms with van der Waals surface area (Å²) in [6.45, 7) is 15.6. The summed E-state index contributed by atoms with van der Waals surface area (Å²) in [6.07, 6.45) is 0. The Morgan fingerprint density at radius 3 is 2.12 bits per heavy atom. The molecule has 0 aromatic heterocycles. The molecule has 1 aliphatic heterocycles. The van der Waals surface area contributed by atoms with Crippen LogP contribution in [-0.2, 0) is 4.79 Å². The molecule has 1 saturated heterocycles. The molecule has 0 spiro atoms. The van der Waals surface area contributed by atoms with Crippen LogP contribution in [0.3, 0.4) is 0 Å². The van der Waals surface area contributed by atoms with Gasteiger partial charge in [-0.1, -0.05) is 27.7 Å². The first-order valence-corrected chi connectivity index (χ1v) is 6.46. The Hall–Kier alpha value is -0.610. The molecule has 1 heterocycles. The molecule has 1 fully saturated rings. The van der Waals surface area contributed by atoms with Gasteiger partial charge in [0.25, 0.3) is 0 Å². The fourth-order valence-electron chi connectivity index (χ4n) is 1.32. The first kappa shape index (κ1) is 17.8. The van der Waals surface area contributed by atoms with E-state index >= 15 is 0 Å². The fraction of sp³-hybridized carbons (Fsp3) is 0.917. The minimum atomic E-state index is 0.0603. The molecule has 1 aliphatic rings. The minimum Gasteiger partial charge on any atom is -0.355 e. The maximum Gasteiger partial charge on any atom is 0.216 e. The first-order valence-electron chi connectivity index (χ1n) is 6.46. The molecule has 0 aromatic carbocycles. The number of piperazine rings is 1. The maximum absolute atomic E-state index is 10.5. The van der Waals surface area contributed by atoms with Crippen LogP contribution in [0.4, 0.5) is 0 Å². The molecule has 4 heteroatoms. The van der Waals surface area contributed by atoms with Crippen molar-refractivity contribution in [2.24, 2.45) is 0 Å². The topological polar surface area (TPSA) is 44.4 Å². The Kier molecular flexibility index (Phi) is 16.0. The standard InChI is InChI=1S/C8H17N3O.2C2H6/c1-8(12)10-4-7-11-5-2-9-3-6-11;2*1-2/h9H,2-7H2,1H3,(H,10,12);2*1-2H3. The lowest BCUT2D eigenvalue weighted by molar-refractivity contribution is -0.119. The van der Waals surface area contributed by atoms with Gasteiger partial charge in [-0.3, -0.25) is 9.69 Å². The lowest BCUT2D eigenvalue weighted by atomic mass is 10.3. The van der Waals surface area contributed by atoms with Gasteiger partial charge in [-0.05, 0) is 0 Å². The summed E-state index contributed by atoms with van der Waals surface area (Å²) in [7, 11) is 0. The van der Waals surface area contributed by atoms with E-state index in [-0.39, 0.29) is 5.91 Å². The number of nitrogens with one attached hydrogen (secondary N) is 2. The van der Waals surface area contributed by atoms with Crippen molar-refractivity contribution in [3.05, 3.63) is 0 Å². The predicted molar refractivity (Wildman–Crippen MR) is 70.7 cm³/mol. The van der Waals surface area contributed by atoms with E-state index in [9.17, 15) is 4.79 Å². The number of rotatable bonds is 3. The molecule has 2 N–H and O–H groups in total. The van der Waals surface area contributed by atoms with Gasteiger partial charge in [-0.15, -0.1) is 0 Å². The highest BCUT2D eigenvalue weighted by molar-refractivity contribution is 5.72. The van der Waals surface area contributed by atoms with Crippen LogP contribution in [0.2, 0.25) is 0 Å². The summed E-state index contributed by atoms with van der Waals surface area (Å²) in [5, 5.41) is 6.08. The summed E-state index contributed by atoms with van der Waals surface area (Å²) in [5.74, 6) is 0.0603. The van der Waals surface area contributed by atoms with Crippen LogP contribution in [0.25, 0.3) is 0 Å². The Balaban J connectivity index is 0. The lowest BCUT2D eigenvalue weighted by Gasteiger charge is -2.26. The molecule has 0 atom stereocenters. The normalized spacial score (nSPS) is 15.1. The van der Waals surface area contributed by atoms with Crippen LogP contribution in [0.15, 0.2) is 0 Å². The smallest absolute Gasteiger partial charge is 0.216 e.